The monoisotopic (exact) mass is 267 g/mol. The highest BCUT2D eigenvalue weighted by molar-refractivity contribution is 5.93. The molecular formula is C13H21N3O3. The second kappa shape index (κ2) is 7.73. The molecule has 6 heteroatoms. The van der Waals surface area contributed by atoms with Crippen LogP contribution in [0.5, 0.6) is 0 Å². The zero-order chi connectivity index (χ0) is 14.3. The smallest absolute Gasteiger partial charge is 0.238 e. The number of nitrogens with one attached hydrogen (secondary N) is 1. The van der Waals surface area contributed by atoms with Crippen molar-refractivity contribution < 1.29 is 15.0 Å². The van der Waals surface area contributed by atoms with E-state index in [1.165, 1.54) is 0 Å². The number of nitrogen functional groups attached to an aromatic ring is 1. The van der Waals surface area contributed by atoms with Crippen molar-refractivity contribution in [2.24, 2.45) is 0 Å². The van der Waals surface area contributed by atoms with E-state index < -0.39 is 0 Å². The van der Waals surface area contributed by atoms with Gasteiger partial charge in [0.15, 0.2) is 0 Å². The van der Waals surface area contributed by atoms with Crippen molar-refractivity contribution in [3.8, 4) is 0 Å². The van der Waals surface area contributed by atoms with Gasteiger partial charge in [-0.2, -0.15) is 0 Å². The fourth-order valence-corrected chi connectivity index (χ4v) is 1.73. The highest BCUT2D eigenvalue weighted by Crippen LogP contribution is 2.20. The van der Waals surface area contributed by atoms with E-state index in [9.17, 15) is 4.79 Å². The molecule has 106 valence electrons. The molecule has 0 fully saturated rings. The first kappa shape index (κ1) is 15.4. The molecule has 0 saturated carbocycles. The number of carbonyl (C=O) groups is 1. The van der Waals surface area contributed by atoms with Crippen molar-refractivity contribution in [3.63, 3.8) is 0 Å². The van der Waals surface area contributed by atoms with E-state index in [0.717, 1.165) is 5.56 Å². The summed E-state index contributed by atoms with van der Waals surface area (Å²) in [5.41, 5.74) is 7.89. The van der Waals surface area contributed by atoms with Crippen molar-refractivity contribution in [1.82, 2.24) is 4.90 Å². The van der Waals surface area contributed by atoms with Crippen LogP contribution in [-0.2, 0) is 4.79 Å². The van der Waals surface area contributed by atoms with Gasteiger partial charge in [-0.25, -0.2) is 0 Å². The molecule has 5 N–H and O–H groups in total. The van der Waals surface area contributed by atoms with Gasteiger partial charge in [0.05, 0.1) is 19.8 Å². The molecule has 0 radical (unpaired) electrons. The SMILES string of the molecule is Cc1c(N)cccc1NC(=O)CN(CCO)CCO. The summed E-state index contributed by atoms with van der Waals surface area (Å²) in [5.74, 6) is -0.199. The lowest BCUT2D eigenvalue weighted by atomic mass is 10.1. The Labute approximate surface area is 112 Å². The minimum atomic E-state index is -0.199. The van der Waals surface area contributed by atoms with Crippen LogP contribution >= 0.6 is 0 Å². The van der Waals surface area contributed by atoms with Gasteiger partial charge in [0, 0.05) is 24.5 Å². The Hall–Kier alpha value is -1.63. The minimum Gasteiger partial charge on any atom is -0.398 e. The van der Waals surface area contributed by atoms with Gasteiger partial charge in [0.25, 0.3) is 0 Å². The molecule has 0 aliphatic carbocycles. The normalized spacial score (nSPS) is 10.7. The number of benzene rings is 1. The Balaban J connectivity index is 2.61. The van der Waals surface area contributed by atoms with Gasteiger partial charge in [-0.3, -0.25) is 9.69 Å². The zero-order valence-electron chi connectivity index (χ0n) is 11.1. The highest BCUT2D eigenvalue weighted by Gasteiger charge is 2.11. The third-order valence-corrected chi connectivity index (χ3v) is 2.85. The second-order valence-corrected chi connectivity index (χ2v) is 4.29. The van der Waals surface area contributed by atoms with E-state index in [-0.39, 0.29) is 25.7 Å². The molecule has 1 aromatic rings. The Morgan fingerprint density at radius 3 is 2.53 bits per heavy atom. The number of aliphatic hydroxyl groups excluding tert-OH is 2. The fraction of sp³-hybridized carbons (Fsp3) is 0.462. The van der Waals surface area contributed by atoms with Crippen LogP contribution in [0, 0.1) is 6.92 Å². The molecule has 0 heterocycles. The van der Waals surface area contributed by atoms with Crippen LogP contribution in [0.25, 0.3) is 0 Å². The lowest BCUT2D eigenvalue weighted by Crippen LogP contribution is -2.37. The Bertz CT molecular complexity index is 418. The zero-order valence-corrected chi connectivity index (χ0v) is 11.1. The molecule has 0 aliphatic heterocycles. The predicted octanol–water partition coefficient (Wildman–Crippen LogP) is -0.198. The molecule has 0 aromatic heterocycles. The molecule has 6 nitrogen and oxygen atoms in total. The summed E-state index contributed by atoms with van der Waals surface area (Å²) >= 11 is 0. The molecule has 0 unspecified atom stereocenters. The van der Waals surface area contributed by atoms with Crippen LogP contribution < -0.4 is 11.1 Å². The number of hydrogen-bond donors (Lipinski definition) is 4. The summed E-state index contributed by atoms with van der Waals surface area (Å²) in [5, 5.41) is 20.5. The number of anilines is 2. The number of hydrogen-bond acceptors (Lipinski definition) is 5. The number of amides is 1. The number of nitrogens with two attached hydrogens (primary N) is 1. The number of aliphatic hydroxyl groups is 2. The van der Waals surface area contributed by atoms with Gasteiger partial charge in [0.1, 0.15) is 0 Å². The van der Waals surface area contributed by atoms with E-state index in [1.54, 1.807) is 23.1 Å². The van der Waals surface area contributed by atoms with E-state index in [4.69, 9.17) is 15.9 Å². The Kier molecular flexibility index (Phi) is 6.27. The van der Waals surface area contributed by atoms with Crippen molar-refractivity contribution in [2.75, 3.05) is 43.9 Å². The van der Waals surface area contributed by atoms with Crippen LogP contribution in [0.15, 0.2) is 18.2 Å². The molecule has 0 atom stereocenters. The van der Waals surface area contributed by atoms with Crippen LogP contribution in [0.3, 0.4) is 0 Å². The van der Waals surface area contributed by atoms with E-state index in [2.05, 4.69) is 5.32 Å². The molecular weight excluding hydrogens is 246 g/mol. The highest BCUT2D eigenvalue weighted by atomic mass is 16.3. The standard InChI is InChI=1S/C13H21N3O3/c1-10-11(14)3-2-4-12(10)15-13(19)9-16(5-7-17)6-8-18/h2-4,17-18H,5-9,14H2,1H3,(H,15,19). The number of nitrogens with zero attached hydrogens (tertiary/aromatic N) is 1. The lowest BCUT2D eigenvalue weighted by Gasteiger charge is -2.19. The minimum absolute atomic E-state index is 0.0510. The fourth-order valence-electron chi connectivity index (χ4n) is 1.73. The summed E-state index contributed by atoms with van der Waals surface area (Å²) in [6.45, 7) is 2.56. The van der Waals surface area contributed by atoms with Gasteiger partial charge in [-0.05, 0) is 24.6 Å². The van der Waals surface area contributed by atoms with Gasteiger partial charge in [0.2, 0.25) is 5.91 Å². The van der Waals surface area contributed by atoms with Crippen LogP contribution in [0.1, 0.15) is 5.56 Å². The summed E-state index contributed by atoms with van der Waals surface area (Å²) in [4.78, 5) is 13.6. The second-order valence-electron chi connectivity index (χ2n) is 4.29. The van der Waals surface area contributed by atoms with Crippen molar-refractivity contribution >= 4 is 17.3 Å². The van der Waals surface area contributed by atoms with Crippen molar-refractivity contribution in [1.29, 1.82) is 0 Å². The summed E-state index contributed by atoms with van der Waals surface area (Å²) < 4.78 is 0. The summed E-state index contributed by atoms with van der Waals surface area (Å²) in [7, 11) is 0. The molecule has 0 bridgehead atoms. The van der Waals surface area contributed by atoms with Crippen LogP contribution in [0.2, 0.25) is 0 Å². The number of carbonyl (C=O) groups excluding carboxylic acids is 1. The first-order valence-electron chi connectivity index (χ1n) is 6.17. The maximum atomic E-state index is 11.9. The van der Waals surface area contributed by atoms with E-state index in [0.29, 0.717) is 24.5 Å². The Morgan fingerprint density at radius 1 is 1.32 bits per heavy atom. The van der Waals surface area contributed by atoms with Gasteiger partial charge >= 0.3 is 0 Å². The number of rotatable bonds is 7. The molecule has 1 aromatic carbocycles. The molecule has 1 amide bonds. The third kappa shape index (κ3) is 4.86. The maximum Gasteiger partial charge on any atom is 0.238 e. The first-order valence-corrected chi connectivity index (χ1v) is 6.17. The average Bonchev–Trinajstić information content (AvgIpc) is 2.35. The van der Waals surface area contributed by atoms with E-state index in [1.807, 2.05) is 6.92 Å². The Morgan fingerprint density at radius 2 is 1.95 bits per heavy atom. The molecule has 1 rings (SSSR count). The summed E-state index contributed by atoms with van der Waals surface area (Å²) in [6.07, 6.45) is 0. The van der Waals surface area contributed by atoms with Crippen molar-refractivity contribution in [3.05, 3.63) is 23.8 Å². The largest absolute Gasteiger partial charge is 0.398 e. The van der Waals surface area contributed by atoms with Crippen molar-refractivity contribution in [2.45, 2.75) is 6.92 Å². The molecule has 0 saturated heterocycles. The molecule has 19 heavy (non-hydrogen) atoms. The quantitative estimate of drug-likeness (QED) is 0.513. The third-order valence-electron chi connectivity index (χ3n) is 2.85. The van der Waals surface area contributed by atoms with E-state index >= 15 is 0 Å². The molecule has 0 aliphatic rings. The topological polar surface area (TPSA) is 98.8 Å². The molecule has 0 spiro atoms. The predicted molar refractivity (Wildman–Crippen MR) is 74.8 cm³/mol. The summed E-state index contributed by atoms with van der Waals surface area (Å²) in [6, 6.07) is 5.33. The maximum absolute atomic E-state index is 11.9. The van der Waals surface area contributed by atoms with Gasteiger partial charge < -0.3 is 21.3 Å². The van der Waals surface area contributed by atoms with Crippen LogP contribution in [-0.4, -0.2) is 53.9 Å². The average molecular weight is 267 g/mol. The first-order chi connectivity index (χ1) is 9.08. The van der Waals surface area contributed by atoms with Crippen LogP contribution in [0.4, 0.5) is 11.4 Å². The lowest BCUT2D eigenvalue weighted by molar-refractivity contribution is -0.117. The van der Waals surface area contributed by atoms with Gasteiger partial charge in [-0.15, -0.1) is 0 Å². The van der Waals surface area contributed by atoms with Gasteiger partial charge in [-0.1, -0.05) is 6.07 Å².